The number of carbonyl (C=O) groups is 2. The highest BCUT2D eigenvalue weighted by molar-refractivity contribution is 5.98. The summed E-state index contributed by atoms with van der Waals surface area (Å²) in [5, 5.41) is 2.25. The Morgan fingerprint density at radius 3 is 2.58 bits per heavy atom. The van der Waals surface area contributed by atoms with Crippen LogP contribution in [0.5, 0.6) is 5.75 Å². The Labute approximate surface area is 226 Å². The molecule has 2 fully saturated rings. The monoisotopic (exact) mass is 512 g/mol. The van der Waals surface area contributed by atoms with E-state index in [2.05, 4.69) is 61.0 Å². The van der Waals surface area contributed by atoms with Crippen molar-refractivity contribution in [1.82, 2.24) is 9.80 Å². The largest absolute Gasteiger partial charge is 0.427 e. The van der Waals surface area contributed by atoms with Gasteiger partial charge in [0.2, 0.25) is 0 Å². The van der Waals surface area contributed by atoms with E-state index in [1.807, 2.05) is 36.4 Å². The van der Waals surface area contributed by atoms with Gasteiger partial charge < -0.3 is 14.5 Å². The zero-order valence-electron chi connectivity index (χ0n) is 23.2. The first-order valence-corrected chi connectivity index (χ1v) is 14.0. The van der Waals surface area contributed by atoms with Gasteiger partial charge in [-0.05, 0) is 91.7 Å². The molecule has 0 aromatic heterocycles. The van der Waals surface area contributed by atoms with Crippen molar-refractivity contribution in [3.63, 3.8) is 0 Å². The number of piperidine rings is 1. The number of carbonyl (C=O) groups excluding carboxylic acids is 2. The van der Waals surface area contributed by atoms with Crippen molar-refractivity contribution in [1.29, 1.82) is 0 Å². The van der Waals surface area contributed by atoms with Crippen molar-refractivity contribution in [3.8, 4) is 5.75 Å². The van der Waals surface area contributed by atoms with Crippen LogP contribution < -0.4 is 4.74 Å². The third-order valence-electron chi connectivity index (χ3n) is 8.63. The fraction of sp³-hybridized carbons (Fsp3) is 0.455. The van der Waals surface area contributed by atoms with E-state index in [0.29, 0.717) is 17.6 Å². The van der Waals surface area contributed by atoms with Gasteiger partial charge in [-0.3, -0.25) is 9.59 Å². The normalized spacial score (nSPS) is 23.7. The van der Waals surface area contributed by atoms with Gasteiger partial charge >= 0.3 is 5.97 Å². The molecule has 1 amide bonds. The van der Waals surface area contributed by atoms with Crippen LogP contribution in [0, 0.1) is 11.8 Å². The lowest BCUT2D eigenvalue weighted by atomic mass is 9.57. The van der Waals surface area contributed by atoms with Crippen LogP contribution in [0.15, 0.2) is 66.7 Å². The molecule has 0 radical (unpaired) electrons. The third kappa shape index (κ3) is 5.35. The molecule has 3 aromatic rings. The van der Waals surface area contributed by atoms with Gasteiger partial charge in [-0.25, -0.2) is 0 Å². The quantitative estimate of drug-likeness (QED) is 0.287. The lowest BCUT2D eigenvalue weighted by Crippen LogP contribution is -2.56. The molecular weight excluding hydrogens is 472 g/mol. The lowest BCUT2D eigenvalue weighted by Gasteiger charge is -2.54. The van der Waals surface area contributed by atoms with Crippen molar-refractivity contribution in [3.05, 3.63) is 77.9 Å². The molecule has 3 atom stereocenters. The van der Waals surface area contributed by atoms with Crippen LogP contribution in [0.3, 0.4) is 0 Å². The highest BCUT2D eigenvalue weighted by atomic mass is 16.5. The minimum Gasteiger partial charge on any atom is -0.427 e. The van der Waals surface area contributed by atoms with E-state index in [9.17, 15) is 9.59 Å². The van der Waals surface area contributed by atoms with E-state index in [1.54, 1.807) is 0 Å². The van der Waals surface area contributed by atoms with Gasteiger partial charge in [0.15, 0.2) is 0 Å². The number of esters is 1. The van der Waals surface area contributed by atoms with Crippen LogP contribution >= 0.6 is 0 Å². The van der Waals surface area contributed by atoms with Gasteiger partial charge in [-0.2, -0.15) is 0 Å². The van der Waals surface area contributed by atoms with Crippen molar-refractivity contribution >= 4 is 22.6 Å². The van der Waals surface area contributed by atoms with Crippen molar-refractivity contribution < 1.29 is 14.3 Å². The van der Waals surface area contributed by atoms with Crippen molar-refractivity contribution in [2.24, 2.45) is 11.8 Å². The standard InChI is InChI=1S/C33H40N2O3/c1-23(2)21-35(32(37)27-13-12-25-8-5-6-9-26(25)18-27)30-15-14-29-22-34(4)17-16-33(29,20-30)28-10-7-11-31(19-28)38-24(3)36/h5-13,18-19,23,29-30H,14-17,20-22H2,1-4H3. The summed E-state index contributed by atoms with van der Waals surface area (Å²) in [6, 6.07) is 22.6. The van der Waals surface area contributed by atoms with E-state index in [4.69, 9.17) is 4.74 Å². The number of likely N-dealkylation sites (tertiary alicyclic amines) is 1. The minimum absolute atomic E-state index is 0.0511. The summed E-state index contributed by atoms with van der Waals surface area (Å²) in [5.41, 5.74) is 1.95. The van der Waals surface area contributed by atoms with E-state index in [1.165, 1.54) is 12.5 Å². The second-order valence-electron chi connectivity index (χ2n) is 11.8. The number of fused-ring (bicyclic) bond motifs is 2. The first-order chi connectivity index (χ1) is 18.2. The van der Waals surface area contributed by atoms with Crippen LogP contribution in [0.25, 0.3) is 10.8 Å². The molecule has 3 aromatic carbocycles. The molecule has 5 heteroatoms. The summed E-state index contributed by atoms with van der Waals surface area (Å²) >= 11 is 0. The second-order valence-corrected chi connectivity index (χ2v) is 11.8. The molecule has 0 spiro atoms. The van der Waals surface area contributed by atoms with Crippen LogP contribution in [0.1, 0.15) is 62.4 Å². The van der Waals surface area contributed by atoms with Gasteiger partial charge in [0, 0.05) is 37.0 Å². The molecule has 38 heavy (non-hydrogen) atoms. The molecule has 5 rings (SSSR count). The smallest absolute Gasteiger partial charge is 0.308 e. The summed E-state index contributed by atoms with van der Waals surface area (Å²) in [7, 11) is 2.21. The predicted octanol–water partition coefficient (Wildman–Crippen LogP) is 6.31. The number of hydrogen-bond donors (Lipinski definition) is 0. The molecule has 3 unspecified atom stereocenters. The van der Waals surface area contributed by atoms with E-state index in [-0.39, 0.29) is 23.3 Å². The summed E-state index contributed by atoms with van der Waals surface area (Å²) < 4.78 is 5.49. The highest BCUT2D eigenvalue weighted by Crippen LogP contribution is 2.50. The Morgan fingerprint density at radius 2 is 1.82 bits per heavy atom. The highest BCUT2D eigenvalue weighted by Gasteiger charge is 2.49. The summed E-state index contributed by atoms with van der Waals surface area (Å²) in [5.74, 6) is 1.31. The molecule has 200 valence electrons. The number of amides is 1. The fourth-order valence-electron chi connectivity index (χ4n) is 6.87. The molecule has 1 saturated carbocycles. The Balaban J connectivity index is 1.50. The Morgan fingerprint density at radius 1 is 1.03 bits per heavy atom. The van der Waals surface area contributed by atoms with Gasteiger partial charge in [0.05, 0.1) is 0 Å². The number of ether oxygens (including phenoxy) is 1. The van der Waals surface area contributed by atoms with Crippen LogP contribution in [-0.2, 0) is 10.2 Å². The molecule has 1 heterocycles. The third-order valence-corrected chi connectivity index (χ3v) is 8.63. The Bertz CT molecular complexity index is 1320. The maximum absolute atomic E-state index is 14.1. The van der Waals surface area contributed by atoms with Gasteiger partial charge in [0.1, 0.15) is 5.75 Å². The predicted molar refractivity (Wildman–Crippen MR) is 152 cm³/mol. The molecular formula is C33H40N2O3. The van der Waals surface area contributed by atoms with Crippen LogP contribution in [0.4, 0.5) is 0 Å². The van der Waals surface area contributed by atoms with Gasteiger partial charge in [-0.1, -0.05) is 56.3 Å². The number of nitrogens with zero attached hydrogens (tertiary/aromatic N) is 2. The molecule has 0 N–H and O–H groups in total. The summed E-state index contributed by atoms with van der Waals surface area (Å²) in [6.07, 6.45) is 4.05. The average molecular weight is 513 g/mol. The first kappa shape index (κ1) is 26.4. The van der Waals surface area contributed by atoms with E-state index < -0.39 is 0 Å². The van der Waals surface area contributed by atoms with Crippen LogP contribution in [-0.4, -0.2) is 54.4 Å². The Kier molecular flexibility index (Phi) is 7.58. The van der Waals surface area contributed by atoms with Gasteiger partial charge in [0.25, 0.3) is 5.91 Å². The molecule has 1 saturated heterocycles. The van der Waals surface area contributed by atoms with Crippen LogP contribution in [0.2, 0.25) is 0 Å². The summed E-state index contributed by atoms with van der Waals surface area (Å²) in [6.45, 7) is 8.64. The maximum atomic E-state index is 14.1. The molecule has 2 aliphatic rings. The first-order valence-electron chi connectivity index (χ1n) is 14.0. The molecule has 5 nitrogen and oxygen atoms in total. The zero-order chi connectivity index (χ0) is 26.9. The van der Waals surface area contributed by atoms with Crippen molar-refractivity contribution in [2.45, 2.75) is 57.9 Å². The number of benzene rings is 3. The summed E-state index contributed by atoms with van der Waals surface area (Å²) in [4.78, 5) is 30.4. The van der Waals surface area contributed by atoms with Crippen molar-refractivity contribution in [2.75, 3.05) is 26.7 Å². The van der Waals surface area contributed by atoms with Gasteiger partial charge in [-0.15, -0.1) is 0 Å². The molecule has 0 bridgehead atoms. The fourth-order valence-corrected chi connectivity index (χ4v) is 6.87. The number of hydrogen-bond acceptors (Lipinski definition) is 4. The molecule has 1 aliphatic heterocycles. The lowest BCUT2D eigenvalue weighted by molar-refractivity contribution is -0.131. The van der Waals surface area contributed by atoms with E-state index >= 15 is 0 Å². The molecule has 1 aliphatic carbocycles. The SMILES string of the molecule is CC(=O)Oc1cccc(C23CCN(C)CC2CCC(N(CC(C)C)C(=O)c2ccc4ccccc4c2)C3)c1. The average Bonchev–Trinajstić information content (AvgIpc) is 2.90. The zero-order valence-corrected chi connectivity index (χ0v) is 23.2. The topological polar surface area (TPSA) is 49.9 Å². The maximum Gasteiger partial charge on any atom is 0.308 e. The minimum atomic E-state index is -0.301. The second kappa shape index (κ2) is 10.9. The Hall–Kier alpha value is -3.18. The van der Waals surface area contributed by atoms with E-state index in [0.717, 1.165) is 61.7 Å². The number of rotatable bonds is 6.